The molecule has 0 aromatic heterocycles. The zero-order valence-electron chi connectivity index (χ0n) is 8.52. The first kappa shape index (κ1) is 9.26. The lowest BCUT2D eigenvalue weighted by Gasteiger charge is -2.11. The lowest BCUT2D eigenvalue weighted by Crippen LogP contribution is -2.19. The van der Waals surface area contributed by atoms with Crippen LogP contribution in [-0.2, 0) is 0 Å². The first-order chi connectivity index (χ1) is 6.45. The zero-order valence-corrected chi connectivity index (χ0v) is 8.52. The van der Waals surface area contributed by atoms with Crippen molar-refractivity contribution in [3.63, 3.8) is 0 Å². The molecule has 1 nitrogen and oxygen atoms in total. The van der Waals surface area contributed by atoms with Crippen LogP contribution in [0.15, 0.2) is 11.6 Å². The highest BCUT2D eigenvalue weighted by atomic mass is 14.9. The van der Waals surface area contributed by atoms with Crippen molar-refractivity contribution in [2.45, 2.75) is 57.4 Å². The van der Waals surface area contributed by atoms with Crippen molar-refractivity contribution in [1.29, 1.82) is 0 Å². The second-order valence-electron chi connectivity index (χ2n) is 4.47. The Kier molecular flexibility index (Phi) is 3.42. The molecule has 1 heteroatoms. The lowest BCUT2D eigenvalue weighted by atomic mass is 10.00. The maximum Gasteiger partial charge on any atom is 0.0167 e. The number of hydrogen-bond acceptors (Lipinski definition) is 1. The average molecular weight is 179 g/mol. The third-order valence-electron chi connectivity index (χ3n) is 3.08. The van der Waals surface area contributed by atoms with Gasteiger partial charge in [0.15, 0.2) is 0 Å². The molecule has 0 bridgehead atoms. The fourth-order valence-electron chi connectivity index (χ4n) is 1.98. The number of allylic oxidation sites excluding steroid dienone is 1. The van der Waals surface area contributed by atoms with E-state index in [1.54, 1.807) is 5.57 Å². The van der Waals surface area contributed by atoms with Gasteiger partial charge in [0.2, 0.25) is 0 Å². The summed E-state index contributed by atoms with van der Waals surface area (Å²) in [7, 11) is 0. The highest BCUT2D eigenvalue weighted by molar-refractivity contribution is 5.06. The molecule has 0 aromatic carbocycles. The summed E-state index contributed by atoms with van der Waals surface area (Å²) < 4.78 is 0. The van der Waals surface area contributed by atoms with Crippen molar-refractivity contribution < 1.29 is 0 Å². The Labute approximate surface area is 81.6 Å². The van der Waals surface area contributed by atoms with Crippen LogP contribution < -0.4 is 5.32 Å². The van der Waals surface area contributed by atoms with Gasteiger partial charge >= 0.3 is 0 Å². The first-order valence-corrected chi connectivity index (χ1v) is 5.86. The van der Waals surface area contributed by atoms with Crippen LogP contribution in [0.5, 0.6) is 0 Å². The largest absolute Gasteiger partial charge is 0.310 e. The summed E-state index contributed by atoms with van der Waals surface area (Å²) >= 11 is 0. The number of nitrogens with one attached hydrogen (secondary N) is 1. The van der Waals surface area contributed by atoms with E-state index in [9.17, 15) is 0 Å². The van der Waals surface area contributed by atoms with Crippen LogP contribution in [-0.4, -0.2) is 12.6 Å². The van der Waals surface area contributed by atoms with Gasteiger partial charge in [0, 0.05) is 12.6 Å². The summed E-state index contributed by atoms with van der Waals surface area (Å²) in [4.78, 5) is 0. The second-order valence-corrected chi connectivity index (χ2v) is 4.47. The third-order valence-corrected chi connectivity index (χ3v) is 3.08. The molecule has 74 valence electrons. The normalized spacial score (nSPS) is 24.8. The Bertz CT molecular complexity index is 180. The molecule has 0 unspecified atom stereocenters. The molecule has 2 rings (SSSR count). The van der Waals surface area contributed by atoms with E-state index in [4.69, 9.17) is 0 Å². The van der Waals surface area contributed by atoms with E-state index in [0.29, 0.717) is 0 Å². The van der Waals surface area contributed by atoms with Crippen molar-refractivity contribution in [2.75, 3.05) is 6.54 Å². The first-order valence-electron chi connectivity index (χ1n) is 5.86. The van der Waals surface area contributed by atoms with Crippen LogP contribution in [0.4, 0.5) is 0 Å². The molecular formula is C12H21N. The van der Waals surface area contributed by atoms with Crippen LogP contribution in [0.3, 0.4) is 0 Å². The van der Waals surface area contributed by atoms with Crippen LogP contribution >= 0.6 is 0 Å². The highest BCUT2D eigenvalue weighted by Gasteiger charge is 2.20. The second kappa shape index (κ2) is 4.80. The highest BCUT2D eigenvalue weighted by Crippen LogP contribution is 2.21. The van der Waals surface area contributed by atoms with E-state index < -0.39 is 0 Å². The summed E-state index contributed by atoms with van der Waals surface area (Å²) in [6.07, 6.45) is 13.7. The van der Waals surface area contributed by atoms with Gasteiger partial charge in [0.05, 0.1) is 0 Å². The van der Waals surface area contributed by atoms with Crippen molar-refractivity contribution in [3.05, 3.63) is 11.6 Å². The van der Waals surface area contributed by atoms with E-state index in [0.717, 1.165) is 6.04 Å². The quantitative estimate of drug-likeness (QED) is 0.657. The van der Waals surface area contributed by atoms with Gasteiger partial charge in [0.1, 0.15) is 0 Å². The topological polar surface area (TPSA) is 12.0 Å². The lowest BCUT2D eigenvalue weighted by molar-refractivity contribution is 0.605. The summed E-state index contributed by atoms with van der Waals surface area (Å²) in [6, 6.07) is 0.867. The monoisotopic (exact) mass is 179 g/mol. The molecule has 0 radical (unpaired) electrons. The molecule has 1 saturated carbocycles. The minimum Gasteiger partial charge on any atom is -0.310 e. The Hall–Kier alpha value is -0.300. The Morgan fingerprint density at radius 3 is 2.85 bits per heavy atom. The third kappa shape index (κ3) is 3.51. The molecule has 0 saturated heterocycles. The molecule has 0 heterocycles. The van der Waals surface area contributed by atoms with Crippen molar-refractivity contribution >= 4 is 0 Å². The minimum absolute atomic E-state index is 0.867. The van der Waals surface area contributed by atoms with E-state index in [1.807, 2.05) is 0 Å². The summed E-state index contributed by atoms with van der Waals surface area (Å²) in [6.45, 7) is 1.17. The molecule has 0 aliphatic heterocycles. The maximum atomic E-state index is 3.61. The van der Waals surface area contributed by atoms with E-state index >= 15 is 0 Å². The molecule has 2 aliphatic carbocycles. The molecule has 13 heavy (non-hydrogen) atoms. The predicted octanol–water partition coefficient (Wildman–Crippen LogP) is 3.02. The molecule has 1 fully saturated rings. The van der Waals surface area contributed by atoms with Crippen LogP contribution in [0, 0.1) is 0 Å². The average Bonchev–Trinajstić information content (AvgIpc) is 2.85. The molecule has 0 amide bonds. The maximum absolute atomic E-state index is 3.61. The van der Waals surface area contributed by atoms with Gasteiger partial charge in [0.25, 0.3) is 0 Å². The van der Waals surface area contributed by atoms with Crippen molar-refractivity contribution in [2.24, 2.45) is 0 Å². The molecule has 1 N–H and O–H groups in total. The molecule has 0 atom stereocenters. The van der Waals surface area contributed by atoms with Crippen LogP contribution in [0.25, 0.3) is 0 Å². The number of hydrogen-bond donors (Lipinski definition) is 1. The van der Waals surface area contributed by atoms with Crippen molar-refractivity contribution in [1.82, 2.24) is 5.32 Å². The smallest absolute Gasteiger partial charge is 0.0167 e. The van der Waals surface area contributed by atoms with Gasteiger partial charge < -0.3 is 5.32 Å². The van der Waals surface area contributed by atoms with Crippen LogP contribution in [0.1, 0.15) is 51.4 Å². The van der Waals surface area contributed by atoms with Gasteiger partial charge in [-0.15, -0.1) is 0 Å². The molecular weight excluding hydrogens is 158 g/mol. The zero-order chi connectivity index (χ0) is 8.93. The number of rotatable bonds is 3. The van der Waals surface area contributed by atoms with E-state index in [-0.39, 0.29) is 0 Å². The van der Waals surface area contributed by atoms with E-state index in [2.05, 4.69) is 11.4 Å². The standard InChI is InChI=1S/C12H21N/c1-2-4-6-11(7-5-3-1)10-13-12-8-9-12/h6,12-13H,1-5,7-10H2. The fourth-order valence-corrected chi connectivity index (χ4v) is 1.98. The van der Waals surface area contributed by atoms with Gasteiger partial charge in [-0.3, -0.25) is 0 Å². The predicted molar refractivity (Wildman–Crippen MR) is 56.8 cm³/mol. The van der Waals surface area contributed by atoms with Gasteiger partial charge in [-0.05, 0) is 38.5 Å². The van der Waals surface area contributed by atoms with Gasteiger partial charge in [-0.1, -0.05) is 24.5 Å². The Balaban J connectivity index is 1.72. The molecule has 0 aromatic rings. The summed E-state index contributed by atoms with van der Waals surface area (Å²) in [5, 5.41) is 3.61. The molecule has 2 aliphatic rings. The molecule has 0 spiro atoms. The SMILES string of the molecule is C1=C(CNC2CC2)CCCCCC1. The van der Waals surface area contributed by atoms with E-state index in [1.165, 1.54) is 57.9 Å². The Morgan fingerprint density at radius 1 is 1.15 bits per heavy atom. The summed E-state index contributed by atoms with van der Waals surface area (Å²) in [5.41, 5.74) is 1.67. The van der Waals surface area contributed by atoms with Gasteiger partial charge in [-0.25, -0.2) is 0 Å². The van der Waals surface area contributed by atoms with Gasteiger partial charge in [-0.2, -0.15) is 0 Å². The van der Waals surface area contributed by atoms with Crippen LogP contribution in [0.2, 0.25) is 0 Å². The minimum atomic E-state index is 0.867. The summed E-state index contributed by atoms with van der Waals surface area (Å²) in [5.74, 6) is 0. The Morgan fingerprint density at radius 2 is 2.00 bits per heavy atom. The van der Waals surface area contributed by atoms with Crippen molar-refractivity contribution in [3.8, 4) is 0 Å². The fraction of sp³-hybridized carbons (Fsp3) is 0.833.